The second-order valence-electron chi connectivity index (χ2n) is 3.23. The van der Waals surface area contributed by atoms with Crippen molar-refractivity contribution >= 4 is 16.8 Å². The van der Waals surface area contributed by atoms with Crippen molar-refractivity contribution in [3.05, 3.63) is 0 Å². The van der Waals surface area contributed by atoms with Crippen LogP contribution in [0.3, 0.4) is 0 Å². The Balaban J connectivity index is 4.30. The van der Waals surface area contributed by atoms with Crippen LogP contribution in [0.5, 0.6) is 0 Å². The van der Waals surface area contributed by atoms with E-state index in [-0.39, 0.29) is 0 Å². The van der Waals surface area contributed by atoms with Crippen LogP contribution in [-0.4, -0.2) is 32.0 Å². The minimum absolute atomic E-state index is 0.678. The molecule has 1 unspecified atom stereocenters. The van der Waals surface area contributed by atoms with Gasteiger partial charge in [-0.2, -0.15) is 13.2 Å². The van der Waals surface area contributed by atoms with E-state index < -0.39 is 39.9 Å². The number of carbonyl (C=O) groups is 1. The standard InChI is InChI=1S/C7H11F3O3S/c1-6(2,5(11)12)14(13)4-3-7(8,9)10/h3-4H2,1-2H3,(H,11,12). The van der Waals surface area contributed by atoms with Gasteiger partial charge in [0.15, 0.2) is 0 Å². The molecular weight excluding hydrogens is 221 g/mol. The first kappa shape index (κ1) is 13.4. The number of hydrogen-bond donors (Lipinski definition) is 1. The van der Waals surface area contributed by atoms with Crippen molar-refractivity contribution in [2.75, 3.05) is 5.75 Å². The second kappa shape index (κ2) is 4.29. The van der Waals surface area contributed by atoms with Gasteiger partial charge < -0.3 is 5.11 Å². The lowest BCUT2D eigenvalue weighted by molar-refractivity contribution is -0.139. The van der Waals surface area contributed by atoms with Crippen LogP contribution < -0.4 is 0 Å². The van der Waals surface area contributed by atoms with Crippen LogP contribution in [0.15, 0.2) is 0 Å². The van der Waals surface area contributed by atoms with E-state index in [1.807, 2.05) is 0 Å². The van der Waals surface area contributed by atoms with Crippen molar-refractivity contribution in [2.24, 2.45) is 0 Å². The highest BCUT2D eigenvalue weighted by Crippen LogP contribution is 2.22. The van der Waals surface area contributed by atoms with Crippen molar-refractivity contribution in [3.63, 3.8) is 0 Å². The molecule has 14 heavy (non-hydrogen) atoms. The van der Waals surface area contributed by atoms with Crippen LogP contribution in [0.25, 0.3) is 0 Å². The van der Waals surface area contributed by atoms with Gasteiger partial charge in [0.05, 0.1) is 6.42 Å². The van der Waals surface area contributed by atoms with E-state index >= 15 is 0 Å². The molecule has 0 aliphatic rings. The van der Waals surface area contributed by atoms with Crippen molar-refractivity contribution in [3.8, 4) is 0 Å². The van der Waals surface area contributed by atoms with E-state index in [1.54, 1.807) is 0 Å². The molecule has 84 valence electrons. The molecule has 0 bridgehead atoms. The quantitative estimate of drug-likeness (QED) is 0.800. The summed E-state index contributed by atoms with van der Waals surface area (Å²) >= 11 is 0. The van der Waals surface area contributed by atoms with Crippen molar-refractivity contribution in [1.82, 2.24) is 0 Å². The lowest BCUT2D eigenvalue weighted by atomic mass is 10.2. The van der Waals surface area contributed by atoms with Crippen LogP contribution in [0.4, 0.5) is 13.2 Å². The van der Waals surface area contributed by atoms with Gasteiger partial charge in [0, 0.05) is 16.6 Å². The number of rotatable bonds is 4. The molecule has 0 aromatic rings. The molecule has 0 saturated carbocycles. The van der Waals surface area contributed by atoms with Crippen molar-refractivity contribution in [2.45, 2.75) is 31.2 Å². The summed E-state index contributed by atoms with van der Waals surface area (Å²) in [5.74, 6) is -2.04. The van der Waals surface area contributed by atoms with Crippen LogP contribution >= 0.6 is 0 Å². The maximum absolute atomic E-state index is 11.7. The molecule has 0 aliphatic heterocycles. The molecule has 0 radical (unpaired) electrons. The molecular formula is C7H11F3O3S. The Morgan fingerprint density at radius 1 is 1.36 bits per heavy atom. The summed E-state index contributed by atoms with van der Waals surface area (Å²) in [5, 5.41) is 8.57. The number of hydrogen-bond acceptors (Lipinski definition) is 2. The van der Waals surface area contributed by atoms with Gasteiger partial charge >= 0.3 is 12.1 Å². The third-order valence-electron chi connectivity index (χ3n) is 1.66. The average Bonchev–Trinajstić information content (AvgIpc) is 1.98. The maximum atomic E-state index is 11.7. The summed E-state index contributed by atoms with van der Waals surface area (Å²) < 4.78 is 44.7. The van der Waals surface area contributed by atoms with Crippen LogP contribution in [0, 0.1) is 0 Å². The number of halogens is 3. The molecule has 0 fully saturated rings. The smallest absolute Gasteiger partial charge is 0.390 e. The molecule has 0 amide bonds. The maximum Gasteiger partial charge on any atom is 0.390 e. The minimum Gasteiger partial charge on any atom is -0.480 e. The van der Waals surface area contributed by atoms with E-state index in [9.17, 15) is 22.2 Å². The molecule has 3 nitrogen and oxygen atoms in total. The summed E-state index contributed by atoms with van der Waals surface area (Å²) in [6.07, 6.45) is -5.62. The largest absolute Gasteiger partial charge is 0.480 e. The highest BCUT2D eigenvalue weighted by molar-refractivity contribution is 7.87. The van der Waals surface area contributed by atoms with Crippen molar-refractivity contribution in [1.29, 1.82) is 0 Å². The highest BCUT2D eigenvalue weighted by atomic mass is 32.2. The van der Waals surface area contributed by atoms with Crippen molar-refractivity contribution < 1.29 is 27.3 Å². The molecule has 0 saturated heterocycles. The van der Waals surface area contributed by atoms with Crippen LogP contribution in [0.1, 0.15) is 20.3 Å². The zero-order chi connectivity index (χ0) is 11.6. The zero-order valence-corrected chi connectivity index (χ0v) is 8.54. The first-order chi connectivity index (χ1) is 6.07. The normalized spacial score (nSPS) is 15.2. The van der Waals surface area contributed by atoms with E-state index in [0.717, 1.165) is 13.8 Å². The van der Waals surface area contributed by atoms with Crippen LogP contribution in [0.2, 0.25) is 0 Å². The van der Waals surface area contributed by atoms with Gasteiger partial charge in [0.25, 0.3) is 0 Å². The summed E-state index contributed by atoms with van der Waals surface area (Å²) in [5.41, 5.74) is 0. The summed E-state index contributed by atoms with van der Waals surface area (Å²) in [6, 6.07) is 0. The monoisotopic (exact) mass is 232 g/mol. The van der Waals surface area contributed by atoms with E-state index in [4.69, 9.17) is 5.11 Å². The first-order valence-electron chi connectivity index (χ1n) is 3.76. The Morgan fingerprint density at radius 3 is 2.07 bits per heavy atom. The predicted octanol–water partition coefficient (Wildman–Crippen LogP) is 1.55. The molecule has 7 heteroatoms. The van der Waals surface area contributed by atoms with Gasteiger partial charge in [-0.05, 0) is 13.8 Å². The lowest BCUT2D eigenvalue weighted by Crippen LogP contribution is -2.38. The second-order valence-corrected chi connectivity index (χ2v) is 5.35. The molecule has 1 N–H and O–H groups in total. The Morgan fingerprint density at radius 2 is 1.79 bits per heavy atom. The summed E-state index contributed by atoms with van der Waals surface area (Å²) in [4.78, 5) is 10.5. The topological polar surface area (TPSA) is 54.4 Å². The van der Waals surface area contributed by atoms with Gasteiger partial charge in [-0.1, -0.05) is 0 Å². The lowest BCUT2D eigenvalue weighted by Gasteiger charge is -2.18. The molecule has 0 heterocycles. The first-order valence-corrected chi connectivity index (χ1v) is 5.08. The Labute approximate surface area is 81.8 Å². The number of aliphatic carboxylic acids is 1. The number of alkyl halides is 3. The molecule has 0 rings (SSSR count). The third kappa shape index (κ3) is 4.08. The molecule has 0 aromatic heterocycles. The van der Waals surface area contributed by atoms with Crippen LogP contribution in [-0.2, 0) is 15.6 Å². The van der Waals surface area contributed by atoms with Gasteiger partial charge in [0.2, 0.25) is 0 Å². The minimum atomic E-state index is -4.40. The SMILES string of the molecule is CC(C)(C(=O)O)S(=O)CCC(F)(F)F. The Kier molecular flexibility index (Phi) is 4.11. The summed E-state index contributed by atoms with van der Waals surface area (Å²) in [7, 11) is -2.03. The fourth-order valence-electron chi connectivity index (χ4n) is 0.561. The fourth-order valence-corrected chi connectivity index (χ4v) is 1.68. The average molecular weight is 232 g/mol. The number of carboxylic acid groups (broad SMARTS) is 1. The fraction of sp³-hybridized carbons (Fsp3) is 0.857. The Hall–Kier alpha value is -0.590. The van der Waals surface area contributed by atoms with Gasteiger partial charge in [-0.15, -0.1) is 0 Å². The van der Waals surface area contributed by atoms with E-state index in [2.05, 4.69) is 0 Å². The predicted molar refractivity (Wildman–Crippen MR) is 45.4 cm³/mol. The molecule has 1 atom stereocenters. The third-order valence-corrected chi connectivity index (χ3v) is 3.54. The molecule has 0 spiro atoms. The zero-order valence-electron chi connectivity index (χ0n) is 7.72. The highest BCUT2D eigenvalue weighted by Gasteiger charge is 2.37. The molecule has 0 aliphatic carbocycles. The van der Waals surface area contributed by atoms with E-state index in [0.29, 0.717) is 0 Å². The van der Waals surface area contributed by atoms with E-state index in [1.165, 1.54) is 0 Å². The molecule has 0 aromatic carbocycles. The Bertz CT molecular complexity index is 247. The number of carboxylic acids is 1. The summed E-state index contributed by atoms with van der Waals surface area (Å²) in [6.45, 7) is 2.28. The van der Waals surface area contributed by atoms with Gasteiger partial charge in [-0.25, -0.2) is 0 Å². The van der Waals surface area contributed by atoms with Gasteiger partial charge in [0.1, 0.15) is 4.75 Å². The van der Waals surface area contributed by atoms with Gasteiger partial charge in [-0.3, -0.25) is 9.00 Å².